The molecule has 0 saturated heterocycles. The lowest BCUT2D eigenvalue weighted by atomic mass is 9.75. The van der Waals surface area contributed by atoms with E-state index < -0.39 is 17.2 Å². The molecule has 2 atom stereocenters. The van der Waals surface area contributed by atoms with Crippen molar-refractivity contribution in [2.45, 2.75) is 65.5 Å². The third kappa shape index (κ3) is 3.22. The lowest BCUT2D eigenvalue weighted by molar-refractivity contribution is -0.0172. The Balaban J connectivity index is 3.52. The molecule has 1 rings (SSSR count). The smallest absolute Gasteiger partial charge is 0.408 e. The molecule has 21 heavy (non-hydrogen) atoms. The highest BCUT2D eigenvalue weighted by Crippen LogP contribution is 2.42. The van der Waals surface area contributed by atoms with E-state index in [1.54, 1.807) is 4.90 Å². The highest BCUT2D eigenvalue weighted by molar-refractivity contribution is 5.68. The van der Waals surface area contributed by atoms with Crippen LogP contribution in [-0.2, 0) is 5.54 Å². The first-order chi connectivity index (χ1) is 9.71. The summed E-state index contributed by atoms with van der Waals surface area (Å²) in [5, 5.41) is 9.91. The Morgan fingerprint density at radius 1 is 1.19 bits per heavy atom. The molecule has 0 bridgehead atoms. The van der Waals surface area contributed by atoms with Gasteiger partial charge < -0.3 is 5.11 Å². The van der Waals surface area contributed by atoms with E-state index in [-0.39, 0.29) is 5.92 Å². The van der Waals surface area contributed by atoms with Gasteiger partial charge in [0.1, 0.15) is 0 Å². The molecule has 0 heterocycles. The van der Waals surface area contributed by atoms with Gasteiger partial charge in [-0.3, -0.25) is 4.90 Å². The average Bonchev–Trinajstić information content (AvgIpc) is 2.46. The van der Waals surface area contributed by atoms with Gasteiger partial charge in [-0.2, -0.15) is 0 Å². The summed E-state index contributed by atoms with van der Waals surface area (Å²) in [5.74, 6) is 0.224. The molecule has 3 heteroatoms. The van der Waals surface area contributed by atoms with E-state index in [0.717, 1.165) is 18.4 Å². The molecule has 0 aliphatic carbocycles. The van der Waals surface area contributed by atoms with Crippen LogP contribution in [0, 0.1) is 5.92 Å². The lowest BCUT2D eigenvalue weighted by Crippen LogP contribution is -2.59. The van der Waals surface area contributed by atoms with Gasteiger partial charge in [0.25, 0.3) is 0 Å². The fourth-order valence-corrected chi connectivity index (χ4v) is 3.05. The summed E-state index contributed by atoms with van der Waals surface area (Å²) in [6.45, 7) is 12.4. The Hall–Kier alpha value is -1.51. The van der Waals surface area contributed by atoms with Crippen molar-refractivity contribution in [2.75, 3.05) is 0 Å². The van der Waals surface area contributed by atoms with Crippen LogP contribution in [0.2, 0.25) is 0 Å². The second-order valence-corrected chi connectivity index (χ2v) is 6.61. The summed E-state index contributed by atoms with van der Waals surface area (Å²) >= 11 is 0. The van der Waals surface area contributed by atoms with E-state index >= 15 is 0 Å². The van der Waals surface area contributed by atoms with Crippen LogP contribution in [0.1, 0.15) is 59.9 Å². The summed E-state index contributed by atoms with van der Waals surface area (Å²) in [7, 11) is 0. The predicted octanol–water partition coefficient (Wildman–Crippen LogP) is 5.12. The van der Waals surface area contributed by atoms with Crippen molar-refractivity contribution >= 4 is 6.09 Å². The van der Waals surface area contributed by atoms with Gasteiger partial charge in [-0.25, -0.2) is 4.79 Å². The van der Waals surface area contributed by atoms with Crippen molar-refractivity contribution in [3.63, 3.8) is 0 Å². The molecule has 0 spiro atoms. The van der Waals surface area contributed by atoms with Crippen molar-refractivity contribution in [3.8, 4) is 0 Å². The van der Waals surface area contributed by atoms with Crippen LogP contribution < -0.4 is 0 Å². The van der Waals surface area contributed by atoms with E-state index in [9.17, 15) is 9.90 Å². The summed E-state index contributed by atoms with van der Waals surface area (Å²) in [6, 6.07) is 10.0. The minimum Gasteiger partial charge on any atom is -0.465 e. The number of hydrogen-bond acceptors (Lipinski definition) is 1. The Morgan fingerprint density at radius 2 is 1.71 bits per heavy atom. The molecule has 1 amide bonds. The highest BCUT2D eigenvalue weighted by atomic mass is 16.4. The maximum absolute atomic E-state index is 12.1. The molecule has 118 valence electrons. The maximum atomic E-state index is 12.1. The standard InChI is InChI=1S/C18H29NO2/c1-7-14(3)18(6,15-12-10-9-11-13-15)19(16(20)21)17(4,5)8-2/h9-14H,7-8H2,1-6H3,(H,20,21). The van der Waals surface area contributed by atoms with Gasteiger partial charge in [-0.15, -0.1) is 0 Å². The van der Waals surface area contributed by atoms with Crippen molar-refractivity contribution in [2.24, 2.45) is 5.92 Å². The Labute approximate surface area is 129 Å². The molecule has 0 fully saturated rings. The van der Waals surface area contributed by atoms with Crippen LogP contribution in [0.15, 0.2) is 30.3 Å². The first-order valence-electron chi connectivity index (χ1n) is 7.80. The van der Waals surface area contributed by atoms with E-state index in [2.05, 4.69) is 20.8 Å². The minimum atomic E-state index is -0.853. The zero-order chi connectivity index (χ0) is 16.3. The molecular weight excluding hydrogens is 262 g/mol. The fourth-order valence-electron chi connectivity index (χ4n) is 3.05. The van der Waals surface area contributed by atoms with E-state index in [1.807, 2.05) is 51.1 Å². The molecule has 1 aromatic rings. The highest BCUT2D eigenvalue weighted by Gasteiger charge is 2.47. The summed E-state index contributed by atoms with van der Waals surface area (Å²) in [5.41, 5.74) is 0.101. The van der Waals surface area contributed by atoms with Crippen LogP contribution in [0.3, 0.4) is 0 Å². The summed E-state index contributed by atoms with van der Waals surface area (Å²) in [4.78, 5) is 13.7. The van der Waals surface area contributed by atoms with Gasteiger partial charge in [0.2, 0.25) is 0 Å². The third-order valence-corrected chi connectivity index (χ3v) is 5.06. The number of nitrogens with zero attached hydrogens (tertiary/aromatic N) is 1. The van der Waals surface area contributed by atoms with Gasteiger partial charge in [-0.1, -0.05) is 57.5 Å². The van der Waals surface area contributed by atoms with Crippen molar-refractivity contribution < 1.29 is 9.90 Å². The zero-order valence-corrected chi connectivity index (χ0v) is 14.2. The Kier molecular flexibility index (Phi) is 5.43. The number of carboxylic acid groups (broad SMARTS) is 1. The number of carbonyl (C=O) groups is 1. The van der Waals surface area contributed by atoms with Crippen LogP contribution in [0.5, 0.6) is 0 Å². The molecule has 0 aliphatic rings. The normalized spacial score (nSPS) is 16.1. The van der Waals surface area contributed by atoms with Crippen LogP contribution in [0.4, 0.5) is 4.79 Å². The molecule has 2 unspecified atom stereocenters. The molecular formula is C18H29NO2. The van der Waals surface area contributed by atoms with Crippen LogP contribution >= 0.6 is 0 Å². The predicted molar refractivity (Wildman–Crippen MR) is 87.5 cm³/mol. The Bertz CT molecular complexity index is 469. The largest absolute Gasteiger partial charge is 0.465 e. The average molecular weight is 291 g/mol. The topological polar surface area (TPSA) is 40.5 Å². The number of amides is 1. The van der Waals surface area contributed by atoms with Crippen molar-refractivity contribution in [3.05, 3.63) is 35.9 Å². The first-order valence-corrected chi connectivity index (χ1v) is 7.80. The van der Waals surface area contributed by atoms with Gasteiger partial charge in [0.15, 0.2) is 0 Å². The molecule has 0 aliphatic heterocycles. The molecule has 0 radical (unpaired) electrons. The van der Waals surface area contributed by atoms with Gasteiger partial charge in [0.05, 0.1) is 5.54 Å². The number of benzene rings is 1. The van der Waals surface area contributed by atoms with Crippen molar-refractivity contribution in [1.82, 2.24) is 4.90 Å². The van der Waals surface area contributed by atoms with Gasteiger partial charge >= 0.3 is 6.09 Å². The SMILES string of the molecule is CCC(C)C(C)(c1ccccc1)N(C(=O)O)C(C)(C)CC. The molecule has 3 nitrogen and oxygen atoms in total. The second kappa shape index (κ2) is 6.50. The monoisotopic (exact) mass is 291 g/mol. The van der Waals surface area contributed by atoms with Crippen LogP contribution in [-0.4, -0.2) is 21.6 Å². The van der Waals surface area contributed by atoms with Gasteiger partial charge in [0, 0.05) is 5.54 Å². The third-order valence-electron chi connectivity index (χ3n) is 5.06. The molecule has 0 aromatic heterocycles. The maximum Gasteiger partial charge on any atom is 0.408 e. The minimum absolute atomic E-state index is 0.224. The first kappa shape index (κ1) is 17.5. The van der Waals surface area contributed by atoms with Crippen LogP contribution in [0.25, 0.3) is 0 Å². The second-order valence-electron chi connectivity index (χ2n) is 6.61. The molecule has 1 aromatic carbocycles. The number of rotatable bonds is 6. The van der Waals surface area contributed by atoms with Gasteiger partial charge in [-0.05, 0) is 38.7 Å². The van der Waals surface area contributed by atoms with E-state index in [0.29, 0.717) is 0 Å². The summed E-state index contributed by atoms with van der Waals surface area (Å²) < 4.78 is 0. The Morgan fingerprint density at radius 3 is 2.10 bits per heavy atom. The lowest BCUT2D eigenvalue weighted by Gasteiger charge is -2.51. The summed E-state index contributed by atoms with van der Waals surface area (Å²) in [6.07, 6.45) is 0.848. The fraction of sp³-hybridized carbons (Fsp3) is 0.611. The molecule has 1 N–H and O–H groups in total. The quantitative estimate of drug-likeness (QED) is 0.790. The molecule has 0 saturated carbocycles. The zero-order valence-electron chi connectivity index (χ0n) is 14.2. The number of hydrogen-bond donors (Lipinski definition) is 1. The van der Waals surface area contributed by atoms with E-state index in [1.165, 1.54) is 0 Å². The van der Waals surface area contributed by atoms with Crippen molar-refractivity contribution in [1.29, 1.82) is 0 Å². The van der Waals surface area contributed by atoms with E-state index in [4.69, 9.17) is 0 Å².